The van der Waals surface area contributed by atoms with Gasteiger partial charge in [0.15, 0.2) is 12.1 Å². The number of amides is 1. The molecule has 0 saturated carbocycles. The molecule has 1 saturated heterocycles. The summed E-state index contributed by atoms with van der Waals surface area (Å²) in [5.41, 5.74) is 0.693. The number of nitrogens with zero attached hydrogens (tertiary/aromatic N) is 3. The summed E-state index contributed by atoms with van der Waals surface area (Å²) < 4.78 is 15.4. The molecule has 1 aromatic heterocycles. The van der Waals surface area contributed by atoms with Gasteiger partial charge in [-0.25, -0.2) is 14.8 Å². The SMILES string of the molecule is CC(C=O)C(=O)CCOC(=O)NC/C=C/c1ccc(-c2ncccn2)cc1.CC1CC(N(C)C)CC(O)O1.CC[C@@H](C)C(=O)C(C)C(CC=O)[C@](C)(O)[C@@H](CC)OC. The summed E-state index contributed by atoms with van der Waals surface area (Å²) >= 11 is 0. The van der Waals surface area contributed by atoms with Crippen LogP contribution in [0, 0.1) is 23.7 Å². The summed E-state index contributed by atoms with van der Waals surface area (Å²) in [5, 5.41) is 22.6. The van der Waals surface area contributed by atoms with Crippen LogP contribution in [0.15, 0.2) is 48.8 Å². The van der Waals surface area contributed by atoms with E-state index in [1.54, 1.807) is 45.5 Å². The highest BCUT2D eigenvalue weighted by Gasteiger charge is 2.44. The third-order valence-electron chi connectivity index (χ3n) is 10.5. The molecule has 14 nitrogen and oxygen atoms in total. The Labute approximate surface area is 345 Å². The smallest absolute Gasteiger partial charge is 0.407 e. The average Bonchev–Trinajstić information content (AvgIpc) is 3.21. The molecule has 9 atom stereocenters. The highest BCUT2D eigenvalue weighted by Crippen LogP contribution is 2.35. The Kier molecular flexibility index (Phi) is 24.5. The summed E-state index contributed by atoms with van der Waals surface area (Å²) in [6.45, 7) is 13.0. The highest BCUT2D eigenvalue weighted by atomic mass is 16.6. The number of ketones is 2. The van der Waals surface area contributed by atoms with Crippen LogP contribution in [-0.2, 0) is 33.4 Å². The van der Waals surface area contributed by atoms with Crippen LogP contribution in [0.25, 0.3) is 17.5 Å². The summed E-state index contributed by atoms with van der Waals surface area (Å²) in [6.07, 6.45) is 10.4. The number of rotatable bonds is 20. The molecule has 3 rings (SSSR count). The fraction of sp³-hybridized carbons (Fsp3) is 0.614. The molecule has 1 fully saturated rings. The van der Waals surface area contributed by atoms with Gasteiger partial charge in [0, 0.05) is 74.7 Å². The molecule has 0 radical (unpaired) electrons. The van der Waals surface area contributed by atoms with Gasteiger partial charge in [-0.1, -0.05) is 64.1 Å². The fourth-order valence-electron chi connectivity index (χ4n) is 6.60. The van der Waals surface area contributed by atoms with E-state index in [1.165, 1.54) is 6.92 Å². The van der Waals surface area contributed by atoms with Crippen molar-refractivity contribution in [3.63, 3.8) is 0 Å². The lowest BCUT2D eigenvalue weighted by atomic mass is 9.71. The number of nitrogens with one attached hydrogen (secondary N) is 1. The first-order chi connectivity index (χ1) is 27.5. The molecule has 2 heterocycles. The number of alkyl carbamates (subject to hydrolysis) is 1. The number of methoxy groups -OCH3 is 1. The Bertz CT molecular complexity index is 1520. The standard InChI is InChI=1S/C20H21N3O4.C16H30O4.C8H17NO2/c1-15(14-24)18(25)9-13-27-20(26)23-10-2-4-16-5-7-17(8-6-16)19-21-11-3-12-22-19;1-7-11(3)15(18)12(4)13(9-10-17)16(5,19)14(8-2)20-6;1-6-4-7(9(2)3)5-8(10)11-6/h2-8,11-12,14-15H,9-10,13H2,1H3,(H,23,26);10-14,19H,7-9H2,1-6H3;6-8,10H,4-5H2,1-3H3/b4-2+;;/t;11-,12?,13?,14-,16+;/m.1./s1. The van der Waals surface area contributed by atoms with Gasteiger partial charge in [-0.15, -0.1) is 0 Å². The maximum Gasteiger partial charge on any atom is 0.407 e. The number of Topliss-reactive ketones (excluding diaryl/α,β-unsaturated/α-hetero) is 2. The molecule has 0 spiro atoms. The van der Waals surface area contributed by atoms with E-state index in [0.29, 0.717) is 31.1 Å². The van der Waals surface area contributed by atoms with Gasteiger partial charge in [0.25, 0.3) is 0 Å². The minimum Gasteiger partial charge on any atom is -0.449 e. The van der Waals surface area contributed by atoms with Gasteiger partial charge in [-0.2, -0.15) is 0 Å². The van der Waals surface area contributed by atoms with Crippen LogP contribution in [0.2, 0.25) is 0 Å². The molecule has 0 aliphatic carbocycles. The zero-order valence-corrected chi connectivity index (χ0v) is 36.1. The van der Waals surface area contributed by atoms with Crippen molar-refractivity contribution in [2.24, 2.45) is 23.7 Å². The molecular formula is C44H68N4O10. The van der Waals surface area contributed by atoms with Gasteiger partial charge in [-0.3, -0.25) is 9.59 Å². The van der Waals surface area contributed by atoms with E-state index in [4.69, 9.17) is 14.2 Å². The maximum atomic E-state index is 12.4. The number of carbonyl (C=O) groups excluding carboxylic acids is 5. The number of ether oxygens (including phenoxy) is 3. The molecule has 6 unspecified atom stereocenters. The number of aliphatic hydroxyl groups is 2. The maximum absolute atomic E-state index is 12.4. The van der Waals surface area contributed by atoms with E-state index < -0.39 is 29.8 Å². The number of hydrogen-bond acceptors (Lipinski definition) is 13. The Balaban J connectivity index is 0.000000475. The average molecular weight is 813 g/mol. The molecule has 1 aromatic carbocycles. The van der Waals surface area contributed by atoms with Crippen molar-refractivity contribution in [2.45, 2.75) is 117 Å². The van der Waals surface area contributed by atoms with Crippen LogP contribution in [-0.4, -0.2) is 120 Å². The van der Waals surface area contributed by atoms with Crippen LogP contribution in [0.3, 0.4) is 0 Å². The molecule has 0 bridgehead atoms. The molecule has 1 aliphatic heterocycles. The molecule has 1 amide bonds. The molecule has 14 heteroatoms. The molecule has 324 valence electrons. The monoisotopic (exact) mass is 812 g/mol. The van der Waals surface area contributed by atoms with Crippen molar-refractivity contribution in [2.75, 3.05) is 34.4 Å². The number of aliphatic hydroxyl groups excluding tert-OH is 1. The van der Waals surface area contributed by atoms with E-state index in [-0.39, 0.29) is 55.1 Å². The first kappa shape index (κ1) is 51.8. The van der Waals surface area contributed by atoms with E-state index in [2.05, 4.69) is 20.2 Å². The lowest BCUT2D eigenvalue weighted by Crippen LogP contribution is -2.51. The number of hydrogen-bond donors (Lipinski definition) is 3. The first-order valence-corrected chi connectivity index (χ1v) is 20.1. The number of carbonyl (C=O) groups is 5. The highest BCUT2D eigenvalue weighted by molar-refractivity contribution is 5.92. The molecule has 1 aliphatic rings. The minimum absolute atomic E-state index is 0.0284. The van der Waals surface area contributed by atoms with Crippen molar-refractivity contribution in [3.05, 3.63) is 54.4 Å². The number of aldehydes is 2. The van der Waals surface area contributed by atoms with Crippen molar-refractivity contribution < 1.29 is 48.4 Å². The Morgan fingerprint density at radius 3 is 2.21 bits per heavy atom. The van der Waals surface area contributed by atoms with Crippen LogP contribution in [0.5, 0.6) is 0 Å². The normalized spacial score (nSPS) is 20.1. The van der Waals surface area contributed by atoms with Gasteiger partial charge < -0.3 is 44.2 Å². The van der Waals surface area contributed by atoms with Crippen LogP contribution in [0.1, 0.15) is 92.6 Å². The van der Waals surface area contributed by atoms with E-state index in [1.807, 2.05) is 72.1 Å². The second-order valence-electron chi connectivity index (χ2n) is 15.1. The topological polar surface area (TPSA) is 195 Å². The Morgan fingerprint density at radius 2 is 1.69 bits per heavy atom. The second kappa shape index (κ2) is 27.5. The third kappa shape index (κ3) is 18.2. The number of benzene rings is 1. The van der Waals surface area contributed by atoms with Gasteiger partial charge in [0.2, 0.25) is 0 Å². The first-order valence-electron chi connectivity index (χ1n) is 20.1. The van der Waals surface area contributed by atoms with Crippen molar-refractivity contribution in [1.29, 1.82) is 0 Å². The van der Waals surface area contributed by atoms with Gasteiger partial charge in [0.05, 0.1) is 23.7 Å². The number of aromatic nitrogens is 2. The molecule has 58 heavy (non-hydrogen) atoms. The molecule has 3 N–H and O–H groups in total. The molecular weight excluding hydrogens is 745 g/mol. The predicted octanol–water partition coefficient (Wildman–Crippen LogP) is 5.73. The summed E-state index contributed by atoms with van der Waals surface area (Å²) in [7, 11) is 5.62. The minimum atomic E-state index is -1.20. The van der Waals surface area contributed by atoms with Crippen LogP contribution in [0.4, 0.5) is 4.79 Å². The summed E-state index contributed by atoms with van der Waals surface area (Å²) in [5.74, 6) is -0.996. The Morgan fingerprint density at radius 1 is 1.05 bits per heavy atom. The quantitative estimate of drug-likeness (QED) is 0.109. The van der Waals surface area contributed by atoms with E-state index >= 15 is 0 Å². The fourth-order valence-corrected chi connectivity index (χ4v) is 6.60. The van der Waals surface area contributed by atoms with Gasteiger partial charge >= 0.3 is 6.09 Å². The zero-order valence-electron chi connectivity index (χ0n) is 36.1. The second-order valence-corrected chi connectivity index (χ2v) is 15.1. The lowest BCUT2D eigenvalue weighted by molar-refractivity contribution is -0.172. The molecule has 2 aromatic rings. The predicted molar refractivity (Wildman–Crippen MR) is 223 cm³/mol. The van der Waals surface area contributed by atoms with Crippen molar-refractivity contribution in [1.82, 2.24) is 20.2 Å². The third-order valence-corrected chi connectivity index (χ3v) is 10.5. The largest absolute Gasteiger partial charge is 0.449 e. The van der Waals surface area contributed by atoms with Crippen LogP contribution < -0.4 is 5.32 Å². The van der Waals surface area contributed by atoms with Crippen LogP contribution >= 0.6 is 0 Å². The van der Waals surface area contributed by atoms with Gasteiger partial charge in [0.1, 0.15) is 30.7 Å². The van der Waals surface area contributed by atoms with Gasteiger partial charge in [-0.05, 0) is 65.8 Å². The van der Waals surface area contributed by atoms with E-state index in [9.17, 15) is 34.2 Å². The van der Waals surface area contributed by atoms with E-state index in [0.717, 1.165) is 36.7 Å². The summed E-state index contributed by atoms with van der Waals surface area (Å²) in [6, 6.07) is 9.94. The van der Waals surface area contributed by atoms with Crippen molar-refractivity contribution >= 4 is 36.3 Å². The Hall–Kier alpha value is -4.21. The zero-order chi connectivity index (χ0) is 43.8. The summed E-state index contributed by atoms with van der Waals surface area (Å²) in [4.78, 5) is 67.3. The van der Waals surface area contributed by atoms with Crippen molar-refractivity contribution in [3.8, 4) is 11.4 Å². The lowest BCUT2D eigenvalue weighted by Gasteiger charge is -2.40.